The van der Waals surface area contributed by atoms with Crippen molar-refractivity contribution in [2.45, 2.75) is 38.2 Å². The van der Waals surface area contributed by atoms with Crippen molar-refractivity contribution in [2.75, 3.05) is 7.11 Å². The molecule has 5 nitrogen and oxygen atoms in total. The molecule has 0 aliphatic heterocycles. The molecule has 0 bridgehead atoms. The van der Waals surface area contributed by atoms with Gasteiger partial charge >= 0.3 is 0 Å². The largest absolute Gasteiger partial charge is 0.377 e. The van der Waals surface area contributed by atoms with Crippen molar-refractivity contribution in [3.05, 3.63) is 17.5 Å². The van der Waals surface area contributed by atoms with Gasteiger partial charge in [-0.1, -0.05) is 5.16 Å². The van der Waals surface area contributed by atoms with Crippen molar-refractivity contribution in [3.8, 4) is 0 Å². The minimum atomic E-state index is 0.294. The molecule has 1 aromatic rings. The van der Waals surface area contributed by atoms with Gasteiger partial charge in [0.2, 0.25) is 0 Å². The molecule has 0 amide bonds. The molecule has 1 saturated carbocycles. The Kier molecular flexibility index (Phi) is 3.35. The molecule has 0 unspecified atom stereocenters. The van der Waals surface area contributed by atoms with Crippen LogP contribution < -0.4 is 5.73 Å². The fourth-order valence-corrected chi connectivity index (χ4v) is 1.58. The van der Waals surface area contributed by atoms with Crippen LogP contribution in [0.4, 0.5) is 0 Å². The van der Waals surface area contributed by atoms with Crippen LogP contribution >= 0.6 is 0 Å². The summed E-state index contributed by atoms with van der Waals surface area (Å²) in [6, 6.07) is 2.17. The van der Waals surface area contributed by atoms with Crippen LogP contribution in [0.1, 0.15) is 24.3 Å². The Balaban J connectivity index is 1.73. The highest BCUT2D eigenvalue weighted by atomic mass is 16.5. The topological polar surface area (TPSA) is 70.5 Å². The second-order valence-corrected chi connectivity index (χ2v) is 3.88. The number of rotatable bonds is 5. The molecule has 1 aliphatic rings. The van der Waals surface area contributed by atoms with E-state index < -0.39 is 0 Å². The van der Waals surface area contributed by atoms with Crippen LogP contribution in [0, 0.1) is 0 Å². The van der Waals surface area contributed by atoms with E-state index in [9.17, 15) is 0 Å². The van der Waals surface area contributed by atoms with Crippen LogP contribution in [0.5, 0.6) is 0 Å². The van der Waals surface area contributed by atoms with Crippen molar-refractivity contribution in [1.29, 1.82) is 0 Å². The van der Waals surface area contributed by atoms with E-state index in [0.29, 0.717) is 25.4 Å². The summed E-state index contributed by atoms with van der Waals surface area (Å²) in [5, 5.41) is 3.87. The Hall–Kier alpha value is -0.910. The highest BCUT2D eigenvalue weighted by Gasteiger charge is 2.26. The Labute approximate surface area is 88.5 Å². The first kappa shape index (κ1) is 10.6. The Morgan fingerprint density at radius 2 is 2.33 bits per heavy atom. The summed E-state index contributed by atoms with van der Waals surface area (Å²) in [4.78, 5) is 0. The third-order valence-corrected chi connectivity index (χ3v) is 2.49. The number of hydrogen-bond donors (Lipinski definition) is 1. The fraction of sp³-hybridized carbons (Fsp3) is 0.700. The highest BCUT2D eigenvalue weighted by Crippen LogP contribution is 2.22. The van der Waals surface area contributed by atoms with Crippen molar-refractivity contribution in [2.24, 2.45) is 5.73 Å². The SMILES string of the molecule is COCc1cc(COC2CC(N)C2)no1. The maximum Gasteiger partial charge on any atom is 0.162 e. The van der Waals surface area contributed by atoms with Gasteiger partial charge in [0, 0.05) is 19.2 Å². The second-order valence-electron chi connectivity index (χ2n) is 3.88. The maximum atomic E-state index is 5.65. The summed E-state index contributed by atoms with van der Waals surface area (Å²) in [6.45, 7) is 0.936. The summed E-state index contributed by atoms with van der Waals surface area (Å²) in [5.74, 6) is 0.724. The lowest BCUT2D eigenvalue weighted by Gasteiger charge is -2.31. The Morgan fingerprint density at radius 3 is 3.00 bits per heavy atom. The van der Waals surface area contributed by atoms with Gasteiger partial charge in [0.05, 0.1) is 12.7 Å². The van der Waals surface area contributed by atoms with Gasteiger partial charge in [-0.3, -0.25) is 0 Å². The van der Waals surface area contributed by atoms with Crippen LogP contribution in [0.25, 0.3) is 0 Å². The van der Waals surface area contributed by atoms with E-state index >= 15 is 0 Å². The lowest BCUT2D eigenvalue weighted by atomic mass is 9.90. The summed E-state index contributed by atoms with van der Waals surface area (Å²) < 4.78 is 15.5. The van der Waals surface area contributed by atoms with Crippen LogP contribution in [0.2, 0.25) is 0 Å². The number of ether oxygens (including phenoxy) is 2. The quantitative estimate of drug-likeness (QED) is 0.782. The average Bonchev–Trinajstić information content (AvgIpc) is 2.59. The van der Waals surface area contributed by atoms with E-state index in [1.807, 2.05) is 6.07 Å². The van der Waals surface area contributed by atoms with Gasteiger partial charge in [-0.15, -0.1) is 0 Å². The molecule has 0 radical (unpaired) electrons. The van der Waals surface area contributed by atoms with E-state index in [0.717, 1.165) is 24.3 Å². The minimum Gasteiger partial charge on any atom is -0.377 e. The molecule has 0 aromatic carbocycles. The first-order valence-electron chi connectivity index (χ1n) is 5.08. The van der Waals surface area contributed by atoms with Crippen LogP contribution in [-0.4, -0.2) is 24.4 Å². The number of hydrogen-bond acceptors (Lipinski definition) is 5. The van der Waals surface area contributed by atoms with Gasteiger partial charge in [-0.05, 0) is 12.8 Å². The van der Waals surface area contributed by atoms with Crippen LogP contribution in [-0.2, 0) is 22.7 Å². The molecular weight excluding hydrogens is 196 g/mol. The van der Waals surface area contributed by atoms with E-state index in [1.165, 1.54) is 0 Å². The summed E-state index contributed by atoms with van der Waals surface area (Å²) in [6.07, 6.45) is 2.19. The third-order valence-electron chi connectivity index (χ3n) is 2.49. The summed E-state index contributed by atoms with van der Waals surface area (Å²) in [5.41, 5.74) is 6.46. The summed E-state index contributed by atoms with van der Waals surface area (Å²) in [7, 11) is 1.62. The van der Waals surface area contributed by atoms with E-state index in [4.69, 9.17) is 19.7 Å². The molecule has 15 heavy (non-hydrogen) atoms. The van der Waals surface area contributed by atoms with E-state index in [-0.39, 0.29) is 0 Å². The van der Waals surface area contributed by atoms with Gasteiger partial charge in [-0.2, -0.15) is 0 Å². The van der Waals surface area contributed by atoms with Crippen molar-refractivity contribution >= 4 is 0 Å². The zero-order valence-corrected chi connectivity index (χ0v) is 8.81. The maximum absolute atomic E-state index is 5.65. The lowest BCUT2D eigenvalue weighted by Crippen LogP contribution is -2.41. The van der Waals surface area contributed by atoms with Gasteiger partial charge in [0.1, 0.15) is 12.3 Å². The van der Waals surface area contributed by atoms with Gasteiger partial charge in [0.25, 0.3) is 0 Å². The van der Waals surface area contributed by atoms with Crippen molar-refractivity contribution in [3.63, 3.8) is 0 Å². The fourth-order valence-electron chi connectivity index (χ4n) is 1.58. The highest BCUT2D eigenvalue weighted by molar-refractivity contribution is 5.03. The molecule has 0 spiro atoms. The zero-order valence-electron chi connectivity index (χ0n) is 8.81. The normalized spacial score (nSPS) is 25.2. The third kappa shape index (κ3) is 2.77. The molecule has 1 aliphatic carbocycles. The number of methoxy groups -OCH3 is 1. The number of nitrogens with zero attached hydrogens (tertiary/aromatic N) is 1. The minimum absolute atomic E-state index is 0.294. The predicted molar refractivity (Wildman–Crippen MR) is 53.0 cm³/mol. The molecule has 1 heterocycles. The standard InChI is InChI=1S/C10H16N2O3/c1-13-6-10-4-8(12-15-10)5-14-9-2-7(11)3-9/h4,7,9H,2-3,5-6,11H2,1H3. The Bertz CT molecular complexity index is 307. The van der Waals surface area contributed by atoms with Crippen LogP contribution in [0.3, 0.4) is 0 Å². The predicted octanol–water partition coefficient (Wildman–Crippen LogP) is 0.827. The Morgan fingerprint density at radius 1 is 1.53 bits per heavy atom. The molecule has 2 rings (SSSR count). The monoisotopic (exact) mass is 212 g/mol. The first-order valence-corrected chi connectivity index (χ1v) is 5.08. The number of aromatic nitrogens is 1. The van der Waals surface area contributed by atoms with Gasteiger partial charge in [0.15, 0.2) is 5.76 Å². The lowest BCUT2D eigenvalue weighted by molar-refractivity contribution is -0.0210. The average molecular weight is 212 g/mol. The van der Waals surface area contributed by atoms with Crippen molar-refractivity contribution in [1.82, 2.24) is 5.16 Å². The number of nitrogens with two attached hydrogens (primary N) is 1. The van der Waals surface area contributed by atoms with Gasteiger partial charge in [-0.25, -0.2) is 0 Å². The molecule has 5 heteroatoms. The molecule has 1 fully saturated rings. The first-order chi connectivity index (χ1) is 7.28. The molecule has 0 saturated heterocycles. The van der Waals surface area contributed by atoms with Gasteiger partial charge < -0.3 is 19.7 Å². The molecular formula is C10H16N2O3. The second kappa shape index (κ2) is 4.74. The molecule has 1 aromatic heterocycles. The van der Waals surface area contributed by atoms with E-state index in [1.54, 1.807) is 7.11 Å². The zero-order chi connectivity index (χ0) is 10.7. The molecule has 2 N–H and O–H groups in total. The summed E-state index contributed by atoms with van der Waals surface area (Å²) >= 11 is 0. The van der Waals surface area contributed by atoms with Crippen LogP contribution in [0.15, 0.2) is 10.6 Å². The van der Waals surface area contributed by atoms with Crippen molar-refractivity contribution < 1.29 is 14.0 Å². The molecule has 0 atom stereocenters. The van der Waals surface area contributed by atoms with E-state index in [2.05, 4.69) is 5.16 Å². The smallest absolute Gasteiger partial charge is 0.162 e. The molecule has 84 valence electrons.